The zero-order chi connectivity index (χ0) is 22.8. The van der Waals surface area contributed by atoms with Gasteiger partial charge >= 0.3 is 0 Å². The van der Waals surface area contributed by atoms with Crippen molar-refractivity contribution in [2.45, 2.75) is 87.8 Å². The van der Waals surface area contributed by atoms with Gasteiger partial charge in [0, 0.05) is 42.6 Å². The fourth-order valence-electron chi connectivity index (χ4n) is 6.63. The maximum atomic E-state index is 13.2. The fourth-order valence-corrected chi connectivity index (χ4v) is 6.63. The Hall–Kier alpha value is -1.87. The zero-order valence-electron chi connectivity index (χ0n) is 19.7. The smallest absolute Gasteiger partial charge is 0.225 e. The summed E-state index contributed by atoms with van der Waals surface area (Å²) in [4.78, 5) is 17.8. The first-order chi connectivity index (χ1) is 16.1. The first-order valence-electron chi connectivity index (χ1n) is 13.1. The molecule has 1 aromatic rings. The van der Waals surface area contributed by atoms with Crippen molar-refractivity contribution in [2.24, 2.45) is 5.92 Å². The first-order valence-corrected chi connectivity index (χ1v) is 13.1. The molecule has 2 heterocycles. The summed E-state index contributed by atoms with van der Waals surface area (Å²) >= 11 is 0. The van der Waals surface area contributed by atoms with Gasteiger partial charge in [0.25, 0.3) is 0 Å². The predicted molar refractivity (Wildman–Crippen MR) is 129 cm³/mol. The average Bonchev–Trinajstić information content (AvgIpc) is 3.50. The molecule has 0 aromatic heterocycles. The number of aliphatic hydroxyl groups is 2. The van der Waals surface area contributed by atoms with Gasteiger partial charge in [-0.3, -0.25) is 9.69 Å². The normalized spacial score (nSPS) is 30.0. The Balaban J connectivity index is 1.32. The van der Waals surface area contributed by atoms with Crippen molar-refractivity contribution in [3.63, 3.8) is 0 Å². The van der Waals surface area contributed by atoms with Gasteiger partial charge in [-0.25, -0.2) is 0 Å². The second kappa shape index (κ2) is 9.78. The van der Waals surface area contributed by atoms with Crippen molar-refractivity contribution in [2.75, 3.05) is 26.2 Å². The summed E-state index contributed by atoms with van der Waals surface area (Å²) in [6.45, 7) is 2.78. The molecule has 4 aliphatic rings. The Kier molecular flexibility index (Phi) is 6.79. The minimum atomic E-state index is -0.816. The summed E-state index contributed by atoms with van der Waals surface area (Å²) in [6.07, 6.45) is 10.2. The van der Waals surface area contributed by atoms with Crippen LogP contribution in [-0.4, -0.2) is 69.8 Å². The lowest BCUT2D eigenvalue weighted by Crippen LogP contribution is -2.68. The first kappa shape index (κ1) is 22.9. The number of nitrogens with zero attached hydrogens (tertiary/aromatic N) is 2. The molecule has 0 bridgehead atoms. The van der Waals surface area contributed by atoms with Crippen LogP contribution in [0.25, 0.3) is 0 Å². The molecule has 178 valence electrons. The quantitative estimate of drug-likeness (QED) is 0.694. The summed E-state index contributed by atoms with van der Waals surface area (Å²) in [5.74, 6) is 7.07. The van der Waals surface area contributed by atoms with Gasteiger partial charge in [-0.05, 0) is 75.6 Å². The maximum absolute atomic E-state index is 13.2. The van der Waals surface area contributed by atoms with Crippen LogP contribution in [0.1, 0.15) is 81.3 Å². The number of carbonyl (C=O) groups excluding carboxylic acids is 1. The molecule has 1 aromatic carbocycles. The van der Waals surface area contributed by atoms with Gasteiger partial charge < -0.3 is 15.1 Å². The molecule has 3 atom stereocenters. The number of hydrogen-bond acceptors (Lipinski definition) is 4. The molecule has 5 nitrogen and oxygen atoms in total. The number of carbonyl (C=O) groups is 1. The summed E-state index contributed by atoms with van der Waals surface area (Å²) in [5, 5.41) is 20.7. The molecule has 2 aliphatic heterocycles. The standard InChI is InChI=1S/C28H38N2O3/c31-20-25-26(22-11-9-21(10-12-22)13-16-28(33)14-3-4-15-28)24-19-29(17-5-6-18-30(24)25)27(32)23-7-1-2-8-23/h9-12,23-26,31,33H,1-8,14-15,17-20H2/t24-,25+,26-/m0/s1. The Bertz CT molecular complexity index is 890. The van der Waals surface area contributed by atoms with E-state index in [9.17, 15) is 15.0 Å². The SMILES string of the molecule is O=C(C1CCCC1)N1CCCCN2[C@H](CO)[C@@H](c3ccc(C#CC4(O)CCCC4)cc3)[C@@H]2C1. The molecule has 5 heteroatoms. The number of rotatable bonds is 3. The van der Waals surface area contributed by atoms with Crippen molar-refractivity contribution in [3.05, 3.63) is 35.4 Å². The molecular formula is C28H38N2O3. The monoisotopic (exact) mass is 450 g/mol. The highest BCUT2D eigenvalue weighted by Crippen LogP contribution is 2.42. The van der Waals surface area contributed by atoms with E-state index in [1.165, 1.54) is 18.4 Å². The lowest BCUT2D eigenvalue weighted by Gasteiger charge is -2.57. The van der Waals surface area contributed by atoms with Gasteiger partial charge in [0.1, 0.15) is 5.60 Å². The second-order valence-corrected chi connectivity index (χ2v) is 10.7. The highest BCUT2D eigenvalue weighted by atomic mass is 16.3. The Morgan fingerprint density at radius 2 is 1.70 bits per heavy atom. The summed E-state index contributed by atoms with van der Waals surface area (Å²) in [7, 11) is 0. The lowest BCUT2D eigenvalue weighted by atomic mass is 9.74. The predicted octanol–water partition coefficient (Wildman–Crippen LogP) is 3.28. The third-order valence-electron chi connectivity index (χ3n) is 8.55. The number of aliphatic hydroxyl groups excluding tert-OH is 1. The number of benzene rings is 1. The van der Waals surface area contributed by atoms with Crippen molar-refractivity contribution < 1.29 is 15.0 Å². The van der Waals surface area contributed by atoms with Crippen LogP contribution in [0.5, 0.6) is 0 Å². The molecule has 0 unspecified atom stereocenters. The Morgan fingerprint density at radius 1 is 1.00 bits per heavy atom. The van der Waals surface area contributed by atoms with Gasteiger partial charge in [-0.1, -0.05) is 36.8 Å². The average molecular weight is 451 g/mol. The van der Waals surface area contributed by atoms with Gasteiger partial charge in [0.2, 0.25) is 5.91 Å². The molecule has 2 saturated carbocycles. The van der Waals surface area contributed by atoms with E-state index >= 15 is 0 Å². The Labute approximate surface area is 198 Å². The van der Waals surface area contributed by atoms with Crippen molar-refractivity contribution in [1.82, 2.24) is 9.80 Å². The van der Waals surface area contributed by atoms with E-state index in [4.69, 9.17) is 0 Å². The summed E-state index contributed by atoms with van der Waals surface area (Å²) in [6, 6.07) is 8.74. The number of amides is 1. The zero-order valence-corrected chi connectivity index (χ0v) is 19.7. The van der Waals surface area contributed by atoms with E-state index in [0.29, 0.717) is 5.91 Å². The molecule has 0 spiro atoms. The van der Waals surface area contributed by atoms with E-state index in [-0.39, 0.29) is 30.5 Å². The molecular weight excluding hydrogens is 412 g/mol. The van der Waals surface area contributed by atoms with E-state index in [1.807, 2.05) is 12.1 Å². The minimum absolute atomic E-state index is 0.118. The second-order valence-electron chi connectivity index (χ2n) is 10.7. The topological polar surface area (TPSA) is 64.0 Å². The van der Waals surface area contributed by atoms with E-state index in [0.717, 1.165) is 76.6 Å². The third-order valence-corrected chi connectivity index (χ3v) is 8.55. The fraction of sp³-hybridized carbons (Fsp3) is 0.679. The van der Waals surface area contributed by atoms with Crippen LogP contribution in [-0.2, 0) is 4.79 Å². The van der Waals surface area contributed by atoms with Crippen LogP contribution >= 0.6 is 0 Å². The van der Waals surface area contributed by atoms with Gasteiger partial charge in [0.15, 0.2) is 0 Å². The van der Waals surface area contributed by atoms with Crippen LogP contribution in [0.15, 0.2) is 24.3 Å². The minimum Gasteiger partial charge on any atom is -0.395 e. The molecule has 5 rings (SSSR count). The Morgan fingerprint density at radius 3 is 2.39 bits per heavy atom. The van der Waals surface area contributed by atoms with E-state index in [1.54, 1.807) is 0 Å². The largest absolute Gasteiger partial charge is 0.395 e. The van der Waals surface area contributed by atoms with Crippen molar-refractivity contribution >= 4 is 5.91 Å². The molecule has 2 aliphatic carbocycles. The molecule has 2 saturated heterocycles. The van der Waals surface area contributed by atoms with Crippen molar-refractivity contribution in [1.29, 1.82) is 0 Å². The molecule has 33 heavy (non-hydrogen) atoms. The highest BCUT2D eigenvalue weighted by molar-refractivity contribution is 5.79. The van der Waals surface area contributed by atoms with Crippen LogP contribution in [0, 0.1) is 17.8 Å². The number of hydrogen-bond donors (Lipinski definition) is 2. The van der Waals surface area contributed by atoms with E-state index in [2.05, 4.69) is 33.8 Å². The molecule has 0 radical (unpaired) electrons. The number of fused-ring (bicyclic) bond motifs is 1. The molecule has 2 N–H and O–H groups in total. The van der Waals surface area contributed by atoms with Crippen molar-refractivity contribution in [3.8, 4) is 11.8 Å². The molecule has 4 fully saturated rings. The van der Waals surface area contributed by atoms with Crippen LogP contribution in [0.4, 0.5) is 0 Å². The summed E-state index contributed by atoms with van der Waals surface area (Å²) < 4.78 is 0. The molecule has 1 amide bonds. The maximum Gasteiger partial charge on any atom is 0.225 e. The van der Waals surface area contributed by atoms with Crippen LogP contribution in [0.2, 0.25) is 0 Å². The van der Waals surface area contributed by atoms with Gasteiger partial charge in [-0.15, -0.1) is 0 Å². The van der Waals surface area contributed by atoms with Crippen LogP contribution < -0.4 is 0 Å². The summed E-state index contributed by atoms with van der Waals surface area (Å²) in [5.41, 5.74) is 1.32. The van der Waals surface area contributed by atoms with Crippen LogP contribution in [0.3, 0.4) is 0 Å². The van der Waals surface area contributed by atoms with Gasteiger partial charge in [0.05, 0.1) is 6.61 Å². The van der Waals surface area contributed by atoms with Gasteiger partial charge in [-0.2, -0.15) is 0 Å². The lowest BCUT2D eigenvalue weighted by molar-refractivity contribution is -0.140. The van der Waals surface area contributed by atoms with E-state index < -0.39 is 5.60 Å². The highest BCUT2D eigenvalue weighted by Gasteiger charge is 2.49. The third kappa shape index (κ3) is 4.71.